The topological polar surface area (TPSA) is 203 Å². The first kappa shape index (κ1) is 27.0. The largest absolute Gasteiger partial charge is 0.508 e. The van der Waals surface area contributed by atoms with Crippen molar-refractivity contribution in [3.8, 4) is 5.75 Å². The third-order valence-corrected chi connectivity index (χ3v) is 5.70. The number of amides is 3. The highest BCUT2D eigenvalue weighted by Crippen LogP contribution is 2.20. The average molecular weight is 481 g/mol. The maximum absolute atomic E-state index is 13.3. The van der Waals surface area contributed by atoms with E-state index in [4.69, 9.17) is 5.73 Å². The van der Waals surface area contributed by atoms with Gasteiger partial charge in [-0.2, -0.15) is 0 Å². The van der Waals surface area contributed by atoms with Crippen molar-refractivity contribution >= 4 is 23.7 Å². The van der Waals surface area contributed by atoms with Crippen LogP contribution in [0.1, 0.15) is 32.3 Å². The number of nitrogens with zero attached hydrogens (tertiary/aromatic N) is 1. The van der Waals surface area contributed by atoms with Crippen LogP contribution in [0.4, 0.5) is 0 Å². The van der Waals surface area contributed by atoms with Crippen LogP contribution >= 0.6 is 0 Å². The number of carbonyl (C=O) groups excluding carboxylic acids is 3. The summed E-state index contributed by atoms with van der Waals surface area (Å²) in [5.74, 6) is -3.52. The Bertz CT molecular complexity index is 889. The number of carboxylic acid groups (broad SMARTS) is 1. The fourth-order valence-corrected chi connectivity index (χ4v) is 3.69. The molecule has 1 aliphatic rings. The molecule has 1 fully saturated rings. The van der Waals surface area contributed by atoms with E-state index in [9.17, 15) is 39.6 Å². The number of carboxylic acids is 1. The van der Waals surface area contributed by atoms with E-state index in [0.717, 1.165) is 0 Å². The summed E-state index contributed by atoms with van der Waals surface area (Å²) in [4.78, 5) is 51.2. The monoisotopic (exact) mass is 480 g/mol. The highest BCUT2D eigenvalue weighted by Gasteiger charge is 2.39. The van der Waals surface area contributed by atoms with Crippen LogP contribution in [-0.2, 0) is 25.6 Å². The number of hydrogen-bond acceptors (Lipinski definition) is 8. The predicted molar refractivity (Wildman–Crippen MR) is 119 cm³/mol. The first-order chi connectivity index (χ1) is 15.9. The third-order valence-electron chi connectivity index (χ3n) is 5.70. The minimum Gasteiger partial charge on any atom is -0.508 e. The number of carbonyl (C=O) groups is 4. The smallest absolute Gasteiger partial charge is 0.326 e. The molecule has 188 valence electrons. The zero-order chi connectivity index (χ0) is 25.6. The Balaban J connectivity index is 2.27. The van der Waals surface area contributed by atoms with Crippen LogP contribution in [0.15, 0.2) is 24.3 Å². The SMILES string of the molecule is CC(O)C(N)C(=O)NC(C(=O)NC(Cc1ccc(O)cc1)C(=O)N1CCCC1C(=O)O)C(C)O. The molecule has 6 unspecified atom stereocenters. The molecule has 2 rings (SSSR count). The summed E-state index contributed by atoms with van der Waals surface area (Å²) >= 11 is 0. The fourth-order valence-electron chi connectivity index (χ4n) is 3.69. The second-order valence-electron chi connectivity index (χ2n) is 8.45. The highest BCUT2D eigenvalue weighted by molar-refractivity contribution is 5.94. The number of aliphatic hydroxyl groups is 2. The minimum absolute atomic E-state index is 0.00692. The number of nitrogens with one attached hydrogen (secondary N) is 2. The summed E-state index contributed by atoms with van der Waals surface area (Å²) in [6, 6.07) is 0.858. The number of aliphatic carboxylic acids is 1. The summed E-state index contributed by atoms with van der Waals surface area (Å²) in [5, 5.41) is 43.3. The van der Waals surface area contributed by atoms with E-state index < -0.39 is 60.1 Å². The molecule has 34 heavy (non-hydrogen) atoms. The van der Waals surface area contributed by atoms with Crippen molar-refractivity contribution in [2.45, 2.75) is 69.5 Å². The summed E-state index contributed by atoms with van der Waals surface area (Å²) in [6.45, 7) is 2.76. The normalized spacial score (nSPS) is 20.0. The molecule has 6 atom stereocenters. The van der Waals surface area contributed by atoms with Gasteiger partial charge in [0.2, 0.25) is 17.7 Å². The molecule has 3 amide bonds. The highest BCUT2D eigenvalue weighted by atomic mass is 16.4. The van der Waals surface area contributed by atoms with Gasteiger partial charge in [-0.1, -0.05) is 12.1 Å². The lowest BCUT2D eigenvalue weighted by Gasteiger charge is -2.30. The van der Waals surface area contributed by atoms with Gasteiger partial charge < -0.3 is 41.7 Å². The molecule has 0 spiro atoms. The first-order valence-corrected chi connectivity index (χ1v) is 11.0. The standard InChI is InChI=1S/C22H32N4O8/c1-11(27)17(23)19(30)25-18(12(2)28)20(31)24-15(10-13-5-7-14(29)8-6-13)21(32)26-9-3-4-16(26)22(33)34/h5-8,11-12,15-18,27-29H,3-4,9-10,23H2,1-2H3,(H,24,31)(H,25,30)(H,33,34). The molecule has 0 saturated carbocycles. The molecule has 0 radical (unpaired) electrons. The van der Waals surface area contributed by atoms with Gasteiger partial charge in [-0.25, -0.2) is 4.79 Å². The van der Waals surface area contributed by atoms with Gasteiger partial charge in [0, 0.05) is 13.0 Å². The Morgan fingerprint density at radius 3 is 2.21 bits per heavy atom. The first-order valence-electron chi connectivity index (χ1n) is 11.0. The van der Waals surface area contributed by atoms with Crippen molar-refractivity contribution in [1.29, 1.82) is 0 Å². The van der Waals surface area contributed by atoms with Crippen LogP contribution in [0.5, 0.6) is 5.75 Å². The van der Waals surface area contributed by atoms with Gasteiger partial charge in [-0.15, -0.1) is 0 Å². The van der Waals surface area contributed by atoms with Gasteiger partial charge >= 0.3 is 5.97 Å². The van der Waals surface area contributed by atoms with E-state index >= 15 is 0 Å². The Hall–Kier alpha value is -3.22. The lowest BCUT2D eigenvalue weighted by molar-refractivity contribution is -0.149. The maximum atomic E-state index is 13.3. The molecule has 1 aliphatic heterocycles. The second-order valence-corrected chi connectivity index (χ2v) is 8.45. The number of aromatic hydroxyl groups is 1. The van der Waals surface area contributed by atoms with Gasteiger partial charge in [0.25, 0.3) is 0 Å². The summed E-state index contributed by atoms with van der Waals surface area (Å²) in [7, 11) is 0. The van der Waals surface area contributed by atoms with Crippen LogP contribution in [-0.4, -0.2) is 91.9 Å². The Kier molecular flexibility index (Phi) is 9.36. The molecule has 8 N–H and O–H groups in total. The lowest BCUT2D eigenvalue weighted by Crippen LogP contribution is -2.61. The number of rotatable bonds is 10. The molecule has 12 nitrogen and oxygen atoms in total. The van der Waals surface area contributed by atoms with Gasteiger partial charge in [0.05, 0.1) is 12.2 Å². The number of benzene rings is 1. The van der Waals surface area contributed by atoms with Gasteiger partial charge in [-0.3, -0.25) is 14.4 Å². The molecule has 0 bridgehead atoms. The van der Waals surface area contributed by atoms with Crippen molar-refractivity contribution in [2.75, 3.05) is 6.54 Å². The van der Waals surface area contributed by atoms with E-state index in [2.05, 4.69) is 10.6 Å². The van der Waals surface area contributed by atoms with Gasteiger partial charge in [0.15, 0.2) is 0 Å². The Morgan fingerprint density at radius 2 is 1.68 bits per heavy atom. The van der Waals surface area contributed by atoms with Crippen LogP contribution in [0.2, 0.25) is 0 Å². The van der Waals surface area contributed by atoms with E-state index in [1.165, 1.54) is 30.9 Å². The lowest BCUT2D eigenvalue weighted by atomic mass is 10.0. The molecule has 0 aromatic heterocycles. The summed E-state index contributed by atoms with van der Waals surface area (Å²) < 4.78 is 0. The molecule has 0 aliphatic carbocycles. The quantitative estimate of drug-likeness (QED) is 0.199. The number of nitrogens with two attached hydrogens (primary N) is 1. The summed E-state index contributed by atoms with van der Waals surface area (Å²) in [5.41, 5.74) is 6.17. The van der Waals surface area contributed by atoms with E-state index in [0.29, 0.717) is 12.0 Å². The predicted octanol–water partition coefficient (Wildman–Crippen LogP) is -1.93. The van der Waals surface area contributed by atoms with Crippen molar-refractivity contribution in [3.63, 3.8) is 0 Å². The van der Waals surface area contributed by atoms with Gasteiger partial charge in [0.1, 0.15) is 29.9 Å². The second kappa shape index (κ2) is 11.8. The molecular weight excluding hydrogens is 448 g/mol. The van der Waals surface area contributed by atoms with Gasteiger partial charge in [-0.05, 0) is 44.4 Å². The number of hydrogen-bond donors (Lipinski definition) is 7. The zero-order valence-corrected chi connectivity index (χ0v) is 19.0. The Morgan fingerprint density at radius 1 is 1.06 bits per heavy atom. The molecule has 1 heterocycles. The number of likely N-dealkylation sites (tertiary alicyclic amines) is 1. The number of phenols is 1. The molecular formula is C22H32N4O8. The molecule has 12 heteroatoms. The summed E-state index contributed by atoms with van der Waals surface area (Å²) in [6.07, 6.45) is -1.82. The zero-order valence-electron chi connectivity index (χ0n) is 19.0. The van der Waals surface area contributed by atoms with Crippen molar-refractivity contribution in [3.05, 3.63) is 29.8 Å². The fraction of sp³-hybridized carbons (Fsp3) is 0.545. The molecule has 1 saturated heterocycles. The number of aliphatic hydroxyl groups excluding tert-OH is 2. The Labute approximate surface area is 196 Å². The van der Waals surface area contributed by atoms with E-state index in [-0.39, 0.29) is 25.1 Å². The third kappa shape index (κ3) is 6.89. The van der Waals surface area contributed by atoms with Crippen LogP contribution in [0.3, 0.4) is 0 Å². The van der Waals surface area contributed by atoms with Crippen molar-refractivity contribution in [1.82, 2.24) is 15.5 Å². The van der Waals surface area contributed by atoms with E-state index in [1.54, 1.807) is 12.1 Å². The van der Waals surface area contributed by atoms with Crippen LogP contribution < -0.4 is 16.4 Å². The van der Waals surface area contributed by atoms with Crippen molar-refractivity contribution < 1.29 is 39.6 Å². The maximum Gasteiger partial charge on any atom is 0.326 e. The van der Waals surface area contributed by atoms with E-state index in [1.807, 2.05) is 0 Å². The average Bonchev–Trinajstić information content (AvgIpc) is 3.27. The minimum atomic E-state index is -1.48. The van der Waals surface area contributed by atoms with Crippen molar-refractivity contribution in [2.24, 2.45) is 5.73 Å². The van der Waals surface area contributed by atoms with Crippen LogP contribution in [0, 0.1) is 0 Å². The molecule has 1 aromatic rings. The molecule has 1 aromatic carbocycles. The number of phenolic OH excluding ortho intramolecular Hbond substituents is 1. The van der Waals surface area contributed by atoms with Crippen LogP contribution in [0.25, 0.3) is 0 Å².